The molecule has 0 spiro atoms. The number of fused-ring (bicyclic) bond motifs is 1. The van der Waals surface area contributed by atoms with Gasteiger partial charge in [0, 0.05) is 22.7 Å². The number of hydrogen-bond acceptors (Lipinski definition) is 5. The maximum Gasteiger partial charge on any atom is 0.405 e. The highest BCUT2D eigenvalue weighted by atomic mass is 16.4. The van der Waals surface area contributed by atoms with Gasteiger partial charge in [0.05, 0.1) is 16.7 Å². The van der Waals surface area contributed by atoms with Crippen molar-refractivity contribution in [1.82, 2.24) is 15.3 Å². The fraction of sp³-hybridized carbons (Fsp3) is 0.192. The molecule has 2 aromatic carbocycles. The first-order valence-electron chi connectivity index (χ1n) is 11.0. The van der Waals surface area contributed by atoms with Crippen molar-refractivity contribution in [2.75, 3.05) is 5.43 Å². The lowest BCUT2D eigenvalue weighted by Gasteiger charge is -2.29. The Bertz CT molecular complexity index is 1300. The molecule has 166 valence electrons. The number of nitrogens with one attached hydrogen (secondary N) is 2. The third-order valence-corrected chi connectivity index (χ3v) is 6.48. The van der Waals surface area contributed by atoms with Gasteiger partial charge in [-0.05, 0) is 36.1 Å². The highest BCUT2D eigenvalue weighted by Crippen LogP contribution is 2.40. The molecule has 0 unspecified atom stereocenters. The van der Waals surface area contributed by atoms with Crippen LogP contribution in [0.1, 0.15) is 31.2 Å². The van der Waals surface area contributed by atoms with Gasteiger partial charge >= 0.3 is 6.09 Å². The summed E-state index contributed by atoms with van der Waals surface area (Å²) in [6, 6.07) is 22.1. The number of nitrogens with two attached hydrogens (primary N) is 1. The van der Waals surface area contributed by atoms with Gasteiger partial charge in [0.1, 0.15) is 5.82 Å². The van der Waals surface area contributed by atoms with Crippen LogP contribution in [0.5, 0.6) is 0 Å². The van der Waals surface area contributed by atoms with Crippen molar-refractivity contribution >= 4 is 22.8 Å². The zero-order valence-corrected chi connectivity index (χ0v) is 18.1. The van der Waals surface area contributed by atoms with Crippen molar-refractivity contribution in [3.8, 4) is 22.4 Å². The fourth-order valence-electron chi connectivity index (χ4n) is 4.89. The molecular weight excluding hydrogens is 414 g/mol. The number of benzene rings is 2. The van der Waals surface area contributed by atoms with Gasteiger partial charge in [-0.25, -0.2) is 20.6 Å². The predicted molar refractivity (Wildman–Crippen MR) is 130 cm³/mol. The molecule has 1 fully saturated rings. The summed E-state index contributed by atoms with van der Waals surface area (Å²) in [5.74, 6) is 6.26. The van der Waals surface area contributed by atoms with Gasteiger partial charge in [0.25, 0.3) is 0 Å². The van der Waals surface area contributed by atoms with E-state index in [1.54, 1.807) is 6.20 Å². The second kappa shape index (κ2) is 8.52. The first kappa shape index (κ1) is 20.9. The average molecular weight is 440 g/mol. The largest absolute Gasteiger partial charge is 0.465 e. The normalized spacial score (nSPS) is 14.8. The topological polar surface area (TPSA) is 113 Å². The van der Waals surface area contributed by atoms with Crippen molar-refractivity contribution in [2.24, 2.45) is 5.84 Å². The number of anilines is 1. The smallest absolute Gasteiger partial charge is 0.405 e. The third kappa shape index (κ3) is 3.87. The zero-order chi connectivity index (χ0) is 22.8. The van der Waals surface area contributed by atoms with E-state index in [4.69, 9.17) is 10.8 Å². The second-order valence-corrected chi connectivity index (χ2v) is 8.42. The van der Waals surface area contributed by atoms with E-state index in [1.165, 1.54) is 0 Å². The van der Waals surface area contributed by atoms with E-state index in [2.05, 4.69) is 33.9 Å². The Morgan fingerprint density at radius 1 is 0.970 bits per heavy atom. The molecule has 7 nitrogen and oxygen atoms in total. The third-order valence-electron chi connectivity index (χ3n) is 6.48. The van der Waals surface area contributed by atoms with Gasteiger partial charge in [-0.2, -0.15) is 0 Å². The first-order chi connectivity index (χ1) is 16.1. The van der Waals surface area contributed by atoms with E-state index in [1.807, 2.05) is 48.5 Å². The van der Waals surface area contributed by atoms with Crippen LogP contribution >= 0.6 is 0 Å². The maximum absolute atomic E-state index is 11.5. The lowest BCUT2D eigenvalue weighted by Crippen LogP contribution is -2.43. The van der Waals surface area contributed by atoms with Crippen molar-refractivity contribution in [3.05, 3.63) is 78.5 Å². The Morgan fingerprint density at radius 3 is 2.36 bits per heavy atom. The van der Waals surface area contributed by atoms with Crippen molar-refractivity contribution in [1.29, 1.82) is 0 Å². The van der Waals surface area contributed by atoms with Crippen LogP contribution in [0.15, 0.2) is 72.9 Å². The van der Waals surface area contributed by atoms with Gasteiger partial charge in [0.15, 0.2) is 0 Å². The van der Waals surface area contributed by atoms with Gasteiger partial charge < -0.3 is 15.8 Å². The molecule has 0 bridgehead atoms. The van der Waals surface area contributed by atoms with Crippen LogP contribution in [0.25, 0.3) is 33.3 Å². The molecule has 33 heavy (non-hydrogen) atoms. The van der Waals surface area contributed by atoms with Crippen LogP contribution in [0.4, 0.5) is 10.6 Å². The first-order valence-corrected chi connectivity index (χ1v) is 11.0. The Kier molecular flexibility index (Phi) is 5.40. The number of nitrogen functional groups attached to an aromatic ring is 1. The van der Waals surface area contributed by atoms with E-state index in [9.17, 15) is 9.90 Å². The minimum absolute atomic E-state index is 0.517. The standard InChI is InChI=1S/C26H25N5O2/c27-31-24-21-16-20(17-6-2-1-3-7-17)23(29-22(21)12-15-28-24)18-8-10-19(11-9-18)26(30-25(32)33)13-4-5-14-26/h1-3,6-12,15-16,30H,4-5,13-14,27H2,(H,28,31)(H,32,33). The summed E-state index contributed by atoms with van der Waals surface area (Å²) in [6.45, 7) is 0. The molecule has 1 saturated carbocycles. The SMILES string of the molecule is NNc1nccc2nc(-c3ccc(C4(NC(=O)O)CCCC4)cc3)c(-c3ccccc3)cc12. The molecule has 1 amide bonds. The Balaban J connectivity index is 1.64. The van der Waals surface area contributed by atoms with Crippen molar-refractivity contribution in [2.45, 2.75) is 31.2 Å². The Hall–Kier alpha value is -3.97. The molecule has 0 atom stereocenters. The van der Waals surface area contributed by atoms with Gasteiger partial charge in [-0.15, -0.1) is 0 Å². The van der Waals surface area contributed by atoms with Crippen LogP contribution in [0.2, 0.25) is 0 Å². The van der Waals surface area contributed by atoms with Crippen LogP contribution in [-0.4, -0.2) is 21.2 Å². The summed E-state index contributed by atoms with van der Waals surface area (Å²) in [5.41, 5.74) is 7.74. The summed E-state index contributed by atoms with van der Waals surface area (Å²) in [6.07, 6.45) is 4.34. The summed E-state index contributed by atoms with van der Waals surface area (Å²) < 4.78 is 0. The monoisotopic (exact) mass is 439 g/mol. The number of aromatic nitrogens is 2. The summed E-state index contributed by atoms with van der Waals surface area (Å²) >= 11 is 0. The molecule has 2 heterocycles. The number of hydrazine groups is 1. The lowest BCUT2D eigenvalue weighted by atomic mass is 9.87. The van der Waals surface area contributed by atoms with Crippen LogP contribution in [0, 0.1) is 0 Å². The number of carbonyl (C=O) groups is 1. The van der Waals surface area contributed by atoms with E-state index in [-0.39, 0.29) is 0 Å². The van der Waals surface area contributed by atoms with E-state index >= 15 is 0 Å². The highest BCUT2D eigenvalue weighted by Gasteiger charge is 2.37. The molecule has 7 heteroatoms. The Morgan fingerprint density at radius 2 is 1.70 bits per heavy atom. The number of hydrogen-bond donors (Lipinski definition) is 4. The Labute approximate surface area is 191 Å². The minimum Gasteiger partial charge on any atom is -0.465 e. The summed E-state index contributed by atoms with van der Waals surface area (Å²) in [7, 11) is 0. The number of rotatable bonds is 5. The van der Waals surface area contributed by atoms with Gasteiger partial charge in [-0.1, -0.05) is 67.4 Å². The van der Waals surface area contributed by atoms with E-state index < -0.39 is 11.6 Å². The maximum atomic E-state index is 11.5. The van der Waals surface area contributed by atoms with Crippen LogP contribution < -0.4 is 16.6 Å². The van der Waals surface area contributed by atoms with Crippen LogP contribution in [0.3, 0.4) is 0 Å². The predicted octanol–water partition coefficient (Wildman–Crippen LogP) is 5.29. The molecule has 0 radical (unpaired) electrons. The van der Waals surface area contributed by atoms with Gasteiger partial charge in [0.2, 0.25) is 0 Å². The molecule has 2 aromatic heterocycles. The quantitative estimate of drug-likeness (QED) is 0.248. The number of carboxylic acid groups (broad SMARTS) is 1. The van der Waals surface area contributed by atoms with Crippen molar-refractivity contribution < 1.29 is 9.90 Å². The molecule has 5 rings (SSSR count). The summed E-state index contributed by atoms with van der Waals surface area (Å²) in [5, 5.41) is 13.0. The molecule has 5 N–H and O–H groups in total. The molecular formula is C26H25N5O2. The number of amides is 1. The van der Waals surface area contributed by atoms with E-state index in [0.29, 0.717) is 5.82 Å². The minimum atomic E-state index is -0.985. The second-order valence-electron chi connectivity index (χ2n) is 8.42. The van der Waals surface area contributed by atoms with Crippen molar-refractivity contribution in [3.63, 3.8) is 0 Å². The van der Waals surface area contributed by atoms with Gasteiger partial charge in [-0.3, -0.25) is 0 Å². The molecule has 1 aliphatic rings. The molecule has 0 saturated heterocycles. The van der Waals surface area contributed by atoms with Crippen LogP contribution in [-0.2, 0) is 5.54 Å². The number of nitrogens with zero attached hydrogens (tertiary/aromatic N) is 2. The van der Waals surface area contributed by atoms with E-state index in [0.717, 1.165) is 64.5 Å². The molecule has 1 aliphatic carbocycles. The molecule has 0 aliphatic heterocycles. The fourth-order valence-corrected chi connectivity index (χ4v) is 4.89. The zero-order valence-electron chi connectivity index (χ0n) is 18.1. The number of pyridine rings is 2. The molecule has 4 aromatic rings. The lowest BCUT2D eigenvalue weighted by molar-refractivity contribution is 0.177. The highest BCUT2D eigenvalue weighted by molar-refractivity contribution is 5.96. The average Bonchev–Trinajstić information content (AvgIpc) is 3.32. The summed E-state index contributed by atoms with van der Waals surface area (Å²) in [4.78, 5) is 20.8.